The zero-order valence-electron chi connectivity index (χ0n) is 10.2. The number of halogens is 1. The zero-order valence-corrected chi connectivity index (χ0v) is 11.1. The number of hydrogen-bond acceptors (Lipinski definition) is 5. The van der Waals surface area contributed by atoms with Gasteiger partial charge in [-0.25, -0.2) is 19.4 Å². The van der Waals surface area contributed by atoms with E-state index in [9.17, 15) is 4.39 Å². The number of anilines is 1. The van der Waals surface area contributed by atoms with E-state index in [1.165, 1.54) is 24.8 Å². The van der Waals surface area contributed by atoms with Gasteiger partial charge >= 0.3 is 0 Å². The van der Waals surface area contributed by atoms with Crippen LogP contribution in [0.2, 0.25) is 0 Å². The number of fused-ring (bicyclic) bond motifs is 1. The molecule has 3 aromatic rings. The third-order valence-electron chi connectivity index (χ3n) is 2.55. The molecule has 3 rings (SSSR count). The Balaban J connectivity index is 1.66. The van der Waals surface area contributed by atoms with Crippen molar-refractivity contribution in [3.63, 3.8) is 0 Å². The molecular weight excluding hydrogens is 277 g/mol. The van der Waals surface area contributed by atoms with E-state index >= 15 is 0 Å². The predicted octanol–water partition coefficient (Wildman–Crippen LogP) is 3.11. The van der Waals surface area contributed by atoms with Crippen LogP contribution in [0.1, 0.15) is 0 Å². The van der Waals surface area contributed by atoms with E-state index in [0.29, 0.717) is 5.82 Å². The maximum atomic E-state index is 12.7. The second kappa shape index (κ2) is 5.62. The molecule has 0 aliphatic carbocycles. The molecule has 2 aromatic heterocycles. The van der Waals surface area contributed by atoms with Crippen LogP contribution in [0.25, 0.3) is 10.2 Å². The number of hydrazine groups is 1. The quantitative estimate of drug-likeness (QED) is 0.440. The lowest BCUT2D eigenvalue weighted by Crippen LogP contribution is -2.19. The molecule has 7 heteroatoms. The third-order valence-corrected chi connectivity index (χ3v) is 3.37. The first-order chi connectivity index (χ1) is 9.83. The summed E-state index contributed by atoms with van der Waals surface area (Å²) in [5.41, 5.74) is 6.42. The summed E-state index contributed by atoms with van der Waals surface area (Å²) >= 11 is 1.54. The summed E-state index contributed by atoms with van der Waals surface area (Å²) in [5.74, 6) is 0.328. The predicted molar refractivity (Wildman–Crippen MR) is 78.7 cm³/mol. The lowest BCUT2D eigenvalue weighted by molar-refractivity contribution is 0.628. The Labute approximate surface area is 118 Å². The van der Waals surface area contributed by atoms with E-state index < -0.39 is 0 Å². The van der Waals surface area contributed by atoms with Gasteiger partial charge in [-0.1, -0.05) is 0 Å². The van der Waals surface area contributed by atoms with Crippen molar-refractivity contribution in [1.82, 2.24) is 15.4 Å². The van der Waals surface area contributed by atoms with Crippen LogP contribution in [0, 0.1) is 5.82 Å². The van der Waals surface area contributed by atoms with Crippen LogP contribution in [-0.4, -0.2) is 16.3 Å². The molecule has 0 unspecified atom stereocenters. The first kappa shape index (κ1) is 12.5. The minimum atomic E-state index is -0.273. The second-order valence-corrected chi connectivity index (χ2v) is 4.77. The SMILES string of the molecule is Fc1ccc(NNC=Nc2ncnc3sccc23)cc1. The average molecular weight is 287 g/mol. The molecule has 0 atom stereocenters. The number of thiophene rings is 1. The van der Waals surface area contributed by atoms with Crippen molar-refractivity contribution < 1.29 is 4.39 Å². The van der Waals surface area contributed by atoms with E-state index in [1.807, 2.05) is 11.4 Å². The number of aliphatic imine (C=N–C) groups is 1. The van der Waals surface area contributed by atoms with Crippen molar-refractivity contribution in [2.45, 2.75) is 0 Å². The molecule has 2 N–H and O–H groups in total. The molecule has 2 heterocycles. The fourth-order valence-corrected chi connectivity index (χ4v) is 2.35. The van der Waals surface area contributed by atoms with Gasteiger partial charge in [-0.2, -0.15) is 0 Å². The minimum absolute atomic E-state index is 0.273. The minimum Gasteiger partial charge on any atom is -0.300 e. The van der Waals surface area contributed by atoms with Gasteiger partial charge in [0.15, 0.2) is 5.82 Å². The van der Waals surface area contributed by atoms with Gasteiger partial charge in [-0.15, -0.1) is 11.3 Å². The molecule has 0 aliphatic heterocycles. The Bertz CT molecular complexity index is 738. The van der Waals surface area contributed by atoms with Crippen LogP contribution in [0.3, 0.4) is 0 Å². The maximum absolute atomic E-state index is 12.7. The summed E-state index contributed by atoms with van der Waals surface area (Å²) in [4.78, 5) is 13.4. The summed E-state index contributed by atoms with van der Waals surface area (Å²) < 4.78 is 12.7. The largest absolute Gasteiger partial charge is 0.300 e. The molecule has 100 valence electrons. The smallest absolute Gasteiger partial charge is 0.165 e. The lowest BCUT2D eigenvalue weighted by atomic mass is 10.3. The molecule has 0 amide bonds. The Morgan fingerprint density at radius 1 is 1.15 bits per heavy atom. The van der Waals surface area contributed by atoms with Gasteiger partial charge in [0.05, 0.1) is 11.1 Å². The summed E-state index contributed by atoms with van der Waals surface area (Å²) in [5, 5.41) is 2.86. The van der Waals surface area contributed by atoms with Gasteiger partial charge in [0.1, 0.15) is 23.3 Å². The van der Waals surface area contributed by atoms with Gasteiger partial charge in [0.2, 0.25) is 0 Å². The molecule has 1 aromatic carbocycles. The Morgan fingerprint density at radius 2 is 2.00 bits per heavy atom. The highest BCUT2D eigenvalue weighted by Crippen LogP contribution is 2.25. The normalized spacial score (nSPS) is 11.1. The number of benzene rings is 1. The van der Waals surface area contributed by atoms with Gasteiger partial charge in [-0.05, 0) is 35.7 Å². The van der Waals surface area contributed by atoms with Crippen molar-refractivity contribution in [3.8, 4) is 0 Å². The van der Waals surface area contributed by atoms with Crippen molar-refractivity contribution in [2.24, 2.45) is 4.99 Å². The topological polar surface area (TPSA) is 62.2 Å². The summed E-state index contributed by atoms with van der Waals surface area (Å²) in [6.07, 6.45) is 2.97. The molecule has 20 heavy (non-hydrogen) atoms. The van der Waals surface area contributed by atoms with Crippen molar-refractivity contribution in [3.05, 3.63) is 47.9 Å². The zero-order chi connectivity index (χ0) is 13.8. The summed E-state index contributed by atoms with van der Waals surface area (Å²) in [6, 6.07) is 7.93. The highest BCUT2D eigenvalue weighted by atomic mass is 32.1. The van der Waals surface area contributed by atoms with Gasteiger partial charge in [-0.3, -0.25) is 5.43 Å². The van der Waals surface area contributed by atoms with Crippen molar-refractivity contribution >= 4 is 39.4 Å². The molecule has 0 saturated heterocycles. The average Bonchev–Trinajstić information content (AvgIpc) is 2.94. The van der Waals surface area contributed by atoms with Crippen molar-refractivity contribution in [2.75, 3.05) is 5.43 Å². The molecule has 0 spiro atoms. The Hall–Kier alpha value is -2.54. The highest BCUT2D eigenvalue weighted by Gasteiger charge is 2.01. The van der Waals surface area contributed by atoms with E-state index in [1.54, 1.807) is 23.5 Å². The summed E-state index contributed by atoms with van der Waals surface area (Å²) in [7, 11) is 0. The standard InChI is InChI=1S/C13H10FN5S/c14-9-1-3-10(4-2-9)19-18-8-16-12-11-5-6-20-13(11)17-7-15-12/h1-8,19H,(H,15,16,17,18). The van der Waals surface area contributed by atoms with Gasteiger partial charge in [0, 0.05) is 0 Å². The number of aromatic nitrogens is 2. The summed E-state index contributed by atoms with van der Waals surface area (Å²) in [6.45, 7) is 0. The van der Waals surface area contributed by atoms with Crippen LogP contribution >= 0.6 is 11.3 Å². The van der Waals surface area contributed by atoms with Gasteiger partial charge < -0.3 is 5.43 Å². The molecule has 0 radical (unpaired) electrons. The van der Waals surface area contributed by atoms with Gasteiger partial charge in [0.25, 0.3) is 0 Å². The molecule has 0 saturated carbocycles. The molecule has 0 fully saturated rings. The van der Waals surface area contributed by atoms with Crippen LogP contribution in [0.5, 0.6) is 0 Å². The number of hydrogen-bond donors (Lipinski definition) is 2. The monoisotopic (exact) mass is 287 g/mol. The van der Waals surface area contributed by atoms with Crippen LogP contribution in [0.15, 0.2) is 47.0 Å². The second-order valence-electron chi connectivity index (χ2n) is 3.87. The molecule has 0 aliphatic rings. The highest BCUT2D eigenvalue weighted by molar-refractivity contribution is 7.16. The first-order valence-electron chi connectivity index (χ1n) is 5.81. The maximum Gasteiger partial charge on any atom is 0.165 e. The van der Waals surface area contributed by atoms with E-state index in [4.69, 9.17) is 0 Å². The lowest BCUT2D eigenvalue weighted by Gasteiger charge is -2.04. The molecule has 5 nitrogen and oxygen atoms in total. The Morgan fingerprint density at radius 3 is 2.85 bits per heavy atom. The van der Waals surface area contributed by atoms with Crippen LogP contribution in [0.4, 0.5) is 15.9 Å². The third kappa shape index (κ3) is 2.72. The molecular formula is C13H10FN5S. The number of nitrogens with zero attached hydrogens (tertiary/aromatic N) is 3. The first-order valence-corrected chi connectivity index (χ1v) is 6.69. The van der Waals surface area contributed by atoms with Crippen LogP contribution in [-0.2, 0) is 0 Å². The van der Waals surface area contributed by atoms with E-state index in [-0.39, 0.29) is 5.82 Å². The molecule has 0 bridgehead atoms. The Kier molecular flexibility index (Phi) is 3.51. The van der Waals surface area contributed by atoms with Crippen molar-refractivity contribution in [1.29, 1.82) is 0 Å². The van der Waals surface area contributed by atoms with E-state index in [0.717, 1.165) is 15.9 Å². The number of rotatable bonds is 4. The number of nitrogens with one attached hydrogen (secondary N) is 2. The fraction of sp³-hybridized carbons (Fsp3) is 0. The van der Waals surface area contributed by atoms with E-state index in [2.05, 4.69) is 25.8 Å². The van der Waals surface area contributed by atoms with Crippen LogP contribution < -0.4 is 10.9 Å². The fourth-order valence-electron chi connectivity index (χ4n) is 1.62.